The number of hydrogen-bond acceptors (Lipinski definition) is 6. The molecule has 1 saturated carbocycles. The van der Waals surface area contributed by atoms with Crippen molar-refractivity contribution in [3.05, 3.63) is 0 Å². The number of guanidine groups is 1. The summed E-state index contributed by atoms with van der Waals surface area (Å²) in [6.45, 7) is 5.48. The van der Waals surface area contributed by atoms with E-state index in [0.717, 1.165) is 32.1 Å². The Morgan fingerprint density at radius 3 is 1.97 bits per heavy atom. The molecule has 12 nitrogen and oxygen atoms in total. The fourth-order valence-corrected chi connectivity index (χ4v) is 4.30. The Hall–Kier alpha value is -2.89. The molecule has 12 heteroatoms. The van der Waals surface area contributed by atoms with Crippen LogP contribution in [0.4, 0.5) is 0 Å². The first-order valence-electron chi connectivity index (χ1n) is 12.9. The molecule has 0 unspecified atom stereocenters. The van der Waals surface area contributed by atoms with Crippen molar-refractivity contribution >= 4 is 29.7 Å². The molecule has 0 aliphatic heterocycles. The molecule has 10 N–H and O–H groups in total. The van der Waals surface area contributed by atoms with Crippen LogP contribution in [0.1, 0.15) is 78.6 Å². The molecule has 0 aromatic carbocycles. The molecule has 0 aromatic rings. The van der Waals surface area contributed by atoms with Crippen molar-refractivity contribution < 1.29 is 24.3 Å². The molecule has 1 fully saturated rings. The maximum atomic E-state index is 13.3. The summed E-state index contributed by atoms with van der Waals surface area (Å²) in [6.07, 6.45) is 6.47. The van der Waals surface area contributed by atoms with Crippen molar-refractivity contribution in [1.82, 2.24) is 16.0 Å². The van der Waals surface area contributed by atoms with Crippen LogP contribution >= 0.6 is 0 Å². The number of aliphatic carboxylic acids is 1. The molecule has 1 rings (SSSR count). The van der Waals surface area contributed by atoms with Crippen LogP contribution in [0.5, 0.6) is 0 Å². The van der Waals surface area contributed by atoms with Gasteiger partial charge in [0.15, 0.2) is 5.96 Å². The number of carboxylic acid groups (broad SMARTS) is 1. The van der Waals surface area contributed by atoms with Crippen molar-refractivity contribution in [3.63, 3.8) is 0 Å². The van der Waals surface area contributed by atoms with Gasteiger partial charge >= 0.3 is 5.97 Å². The van der Waals surface area contributed by atoms with Gasteiger partial charge in [0, 0.05) is 6.54 Å². The number of rotatable bonds is 15. The fraction of sp³-hybridized carbons (Fsp3) is 0.792. The predicted molar refractivity (Wildman–Crippen MR) is 138 cm³/mol. The van der Waals surface area contributed by atoms with Crippen LogP contribution in [-0.2, 0) is 19.2 Å². The van der Waals surface area contributed by atoms with Crippen molar-refractivity contribution in [3.8, 4) is 0 Å². The van der Waals surface area contributed by atoms with Gasteiger partial charge in [-0.25, -0.2) is 4.79 Å². The third kappa shape index (κ3) is 12.2. The van der Waals surface area contributed by atoms with Crippen molar-refractivity contribution in [2.45, 2.75) is 103 Å². The lowest BCUT2D eigenvalue weighted by molar-refractivity contribution is -0.142. The lowest BCUT2D eigenvalue weighted by atomic mass is 9.84. The van der Waals surface area contributed by atoms with Crippen molar-refractivity contribution in [2.24, 2.45) is 34.0 Å². The van der Waals surface area contributed by atoms with Crippen LogP contribution in [-0.4, -0.2) is 65.5 Å². The lowest BCUT2D eigenvalue weighted by Gasteiger charge is -2.29. The quantitative estimate of drug-likeness (QED) is 0.0895. The number of nitrogens with one attached hydrogen (secondary N) is 3. The molecular weight excluding hydrogens is 466 g/mol. The van der Waals surface area contributed by atoms with E-state index in [1.54, 1.807) is 0 Å². The number of aliphatic imine (C=N–C) groups is 1. The van der Waals surface area contributed by atoms with Gasteiger partial charge in [0.1, 0.15) is 18.1 Å². The van der Waals surface area contributed by atoms with E-state index in [0.29, 0.717) is 12.8 Å². The van der Waals surface area contributed by atoms with Crippen LogP contribution in [0, 0.1) is 11.8 Å². The highest BCUT2D eigenvalue weighted by Crippen LogP contribution is 2.27. The summed E-state index contributed by atoms with van der Waals surface area (Å²) in [6, 6.07) is -3.77. The zero-order valence-corrected chi connectivity index (χ0v) is 21.8. The second-order valence-corrected chi connectivity index (χ2v) is 10.1. The van der Waals surface area contributed by atoms with E-state index in [-0.39, 0.29) is 37.2 Å². The van der Waals surface area contributed by atoms with Gasteiger partial charge in [-0.1, -0.05) is 46.0 Å². The Balaban J connectivity index is 3.02. The highest BCUT2D eigenvalue weighted by atomic mass is 16.4. The number of carboxylic acids is 1. The molecule has 0 bridgehead atoms. The summed E-state index contributed by atoms with van der Waals surface area (Å²) in [5.41, 5.74) is 16.4. The minimum Gasteiger partial charge on any atom is -0.480 e. The van der Waals surface area contributed by atoms with E-state index in [1.165, 1.54) is 6.92 Å². The minimum atomic E-state index is -1.15. The van der Waals surface area contributed by atoms with Gasteiger partial charge in [0.2, 0.25) is 17.7 Å². The molecule has 0 aromatic heterocycles. The predicted octanol–water partition coefficient (Wildman–Crippen LogP) is -0.0573. The number of amides is 3. The number of carbonyl (C=O) groups is 4. The Morgan fingerprint density at radius 1 is 0.889 bits per heavy atom. The van der Waals surface area contributed by atoms with Gasteiger partial charge in [-0.05, 0) is 44.4 Å². The summed E-state index contributed by atoms with van der Waals surface area (Å²) in [7, 11) is 0. The van der Waals surface area contributed by atoms with E-state index in [1.807, 2.05) is 13.8 Å². The SMILES string of the molecule is CC(C)C[C@H](NC(=O)[C@H](CCCN=C(N)N)NC(=O)[C@H](CC1CCCCC1)NC(=O)[C@H](C)N)C(=O)O. The lowest BCUT2D eigenvalue weighted by Crippen LogP contribution is -2.57. The topological polar surface area (TPSA) is 215 Å². The maximum Gasteiger partial charge on any atom is 0.326 e. The Morgan fingerprint density at radius 2 is 1.44 bits per heavy atom. The van der Waals surface area contributed by atoms with Gasteiger partial charge in [-0.3, -0.25) is 19.4 Å². The van der Waals surface area contributed by atoms with E-state index < -0.39 is 47.9 Å². The van der Waals surface area contributed by atoms with Gasteiger partial charge in [0.25, 0.3) is 0 Å². The maximum absolute atomic E-state index is 13.3. The van der Waals surface area contributed by atoms with Crippen LogP contribution in [0.25, 0.3) is 0 Å². The highest BCUT2D eigenvalue weighted by Gasteiger charge is 2.31. The fourth-order valence-electron chi connectivity index (χ4n) is 4.30. The first-order chi connectivity index (χ1) is 16.9. The van der Waals surface area contributed by atoms with Gasteiger partial charge in [0.05, 0.1) is 6.04 Å². The smallest absolute Gasteiger partial charge is 0.326 e. The number of nitrogens with zero attached hydrogens (tertiary/aromatic N) is 1. The number of carbonyl (C=O) groups excluding carboxylic acids is 3. The molecule has 1 aliphatic carbocycles. The molecule has 0 saturated heterocycles. The number of hydrogen-bond donors (Lipinski definition) is 7. The summed E-state index contributed by atoms with van der Waals surface area (Å²) in [5.74, 6) is -2.50. The molecule has 1 aliphatic rings. The van der Waals surface area contributed by atoms with Gasteiger partial charge in [-0.2, -0.15) is 0 Å². The Kier molecular flexibility index (Phi) is 13.8. The van der Waals surface area contributed by atoms with Crippen molar-refractivity contribution in [1.29, 1.82) is 0 Å². The van der Waals surface area contributed by atoms with Crippen LogP contribution in [0.2, 0.25) is 0 Å². The third-order valence-corrected chi connectivity index (χ3v) is 6.24. The number of nitrogens with two attached hydrogens (primary N) is 3. The Bertz CT molecular complexity index is 762. The molecular formula is C24H45N7O5. The summed E-state index contributed by atoms with van der Waals surface area (Å²) >= 11 is 0. The summed E-state index contributed by atoms with van der Waals surface area (Å²) in [4.78, 5) is 54.2. The average molecular weight is 512 g/mol. The Labute approximate surface area is 213 Å². The monoisotopic (exact) mass is 511 g/mol. The zero-order valence-electron chi connectivity index (χ0n) is 21.8. The van der Waals surface area contributed by atoms with Crippen molar-refractivity contribution in [2.75, 3.05) is 6.54 Å². The summed E-state index contributed by atoms with van der Waals surface area (Å²) in [5, 5.41) is 17.5. The van der Waals surface area contributed by atoms with Crippen LogP contribution in [0.3, 0.4) is 0 Å². The minimum absolute atomic E-state index is 0.0367. The zero-order chi connectivity index (χ0) is 27.3. The molecule has 36 heavy (non-hydrogen) atoms. The van der Waals surface area contributed by atoms with Crippen LogP contribution in [0.15, 0.2) is 4.99 Å². The third-order valence-electron chi connectivity index (χ3n) is 6.24. The molecule has 3 amide bonds. The van der Waals surface area contributed by atoms with E-state index in [4.69, 9.17) is 17.2 Å². The molecule has 0 heterocycles. The first kappa shape index (κ1) is 31.1. The van der Waals surface area contributed by atoms with E-state index >= 15 is 0 Å². The molecule has 0 spiro atoms. The van der Waals surface area contributed by atoms with Crippen LogP contribution < -0.4 is 33.2 Å². The standard InChI is InChI=1S/C24H45N7O5/c1-14(2)12-19(23(35)36)31-21(33)17(10-7-11-28-24(26)27)29-22(34)18(30-20(32)15(3)25)13-16-8-5-4-6-9-16/h14-19H,4-13,25H2,1-3H3,(H,29,34)(H,30,32)(H,31,33)(H,35,36)(H4,26,27,28)/t15-,17-,18-,19-/m0/s1. The first-order valence-corrected chi connectivity index (χ1v) is 12.9. The second kappa shape index (κ2) is 16.0. The second-order valence-electron chi connectivity index (χ2n) is 10.1. The largest absolute Gasteiger partial charge is 0.480 e. The summed E-state index contributed by atoms with van der Waals surface area (Å²) < 4.78 is 0. The normalized spacial score (nSPS) is 17.4. The van der Waals surface area contributed by atoms with Gasteiger partial charge in [-0.15, -0.1) is 0 Å². The van der Waals surface area contributed by atoms with E-state index in [9.17, 15) is 24.3 Å². The average Bonchev–Trinajstić information content (AvgIpc) is 2.79. The van der Waals surface area contributed by atoms with Gasteiger partial charge < -0.3 is 38.3 Å². The highest BCUT2D eigenvalue weighted by molar-refractivity contribution is 5.94. The molecule has 0 radical (unpaired) electrons. The molecule has 206 valence electrons. The van der Waals surface area contributed by atoms with E-state index in [2.05, 4.69) is 20.9 Å². The molecule has 4 atom stereocenters.